The SMILES string of the molecule is CCCC[C@@H](CC)C[NH2+]Cc1ccc(Cl)cc1Cl. The van der Waals surface area contributed by atoms with Crippen molar-refractivity contribution in [1.29, 1.82) is 0 Å². The number of hydrogen-bond acceptors (Lipinski definition) is 0. The van der Waals surface area contributed by atoms with Crippen LogP contribution in [0, 0.1) is 5.92 Å². The smallest absolute Gasteiger partial charge is 0.103 e. The van der Waals surface area contributed by atoms with Crippen LogP contribution in [0.15, 0.2) is 18.2 Å². The average Bonchev–Trinajstić information content (AvgIpc) is 2.36. The molecule has 3 heteroatoms. The highest BCUT2D eigenvalue weighted by Gasteiger charge is 2.09. The molecule has 102 valence electrons. The monoisotopic (exact) mass is 288 g/mol. The van der Waals surface area contributed by atoms with E-state index in [0.717, 1.165) is 17.5 Å². The zero-order valence-corrected chi connectivity index (χ0v) is 12.9. The van der Waals surface area contributed by atoms with Crippen LogP contribution in [-0.4, -0.2) is 6.54 Å². The summed E-state index contributed by atoms with van der Waals surface area (Å²) in [5, 5.41) is 3.84. The maximum atomic E-state index is 6.16. The fraction of sp³-hybridized carbons (Fsp3) is 0.600. The van der Waals surface area contributed by atoms with E-state index in [1.54, 1.807) is 0 Å². The first-order valence-corrected chi connectivity index (χ1v) is 7.68. The minimum Gasteiger partial charge on any atom is -0.342 e. The summed E-state index contributed by atoms with van der Waals surface area (Å²) in [6.45, 7) is 6.67. The molecule has 0 aliphatic heterocycles. The van der Waals surface area contributed by atoms with Gasteiger partial charge in [-0.1, -0.05) is 56.0 Å². The quantitative estimate of drug-likeness (QED) is 0.736. The zero-order chi connectivity index (χ0) is 13.4. The number of unbranched alkanes of at least 4 members (excludes halogenated alkanes) is 1. The number of nitrogens with two attached hydrogens (primary N) is 1. The van der Waals surface area contributed by atoms with Gasteiger partial charge in [-0.3, -0.25) is 0 Å². The molecule has 0 fully saturated rings. The van der Waals surface area contributed by atoms with Crippen molar-refractivity contribution in [2.24, 2.45) is 5.92 Å². The molecule has 0 aliphatic carbocycles. The first kappa shape index (κ1) is 15.8. The fourth-order valence-corrected chi connectivity index (χ4v) is 2.63. The van der Waals surface area contributed by atoms with Crippen LogP contribution in [0.3, 0.4) is 0 Å². The largest absolute Gasteiger partial charge is 0.342 e. The maximum absolute atomic E-state index is 6.16. The molecule has 1 atom stereocenters. The molecule has 0 spiro atoms. The molecule has 2 N–H and O–H groups in total. The minimum atomic E-state index is 0.707. The van der Waals surface area contributed by atoms with Crippen LogP contribution < -0.4 is 5.32 Å². The molecule has 0 amide bonds. The van der Waals surface area contributed by atoms with Crippen LogP contribution in [0.4, 0.5) is 0 Å². The van der Waals surface area contributed by atoms with Gasteiger partial charge in [-0.25, -0.2) is 0 Å². The topological polar surface area (TPSA) is 16.6 Å². The van der Waals surface area contributed by atoms with Crippen LogP contribution in [0.1, 0.15) is 45.1 Å². The number of benzene rings is 1. The molecule has 18 heavy (non-hydrogen) atoms. The van der Waals surface area contributed by atoms with E-state index in [9.17, 15) is 0 Å². The Morgan fingerprint density at radius 1 is 1.22 bits per heavy atom. The van der Waals surface area contributed by atoms with Gasteiger partial charge < -0.3 is 5.32 Å². The predicted octanol–water partition coefficient (Wildman–Crippen LogP) is 4.27. The van der Waals surface area contributed by atoms with Crippen molar-refractivity contribution in [3.63, 3.8) is 0 Å². The Morgan fingerprint density at radius 3 is 2.61 bits per heavy atom. The lowest BCUT2D eigenvalue weighted by atomic mass is 9.99. The Labute approximate surface area is 121 Å². The van der Waals surface area contributed by atoms with Crippen LogP contribution in [0.25, 0.3) is 0 Å². The molecule has 0 bridgehead atoms. The summed E-state index contributed by atoms with van der Waals surface area (Å²) >= 11 is 12.0. The van der Waals surface area contributed by atoms with Gasteiger partial charge in [-0.15, -0.1) is 0 Å². The lowest BCUT2D eigenvalue weighted by molar-refractivity contribution is -0.676. The van der Waals surface area contributed by atoms with E-state index >= 15 is 0 Å². The van der Waals surface area contributed by atoms with E-state index in [2.05, 4.69) is 19.2 Å². The van der Waals surface area contributed by atoms with Gasteiger partial charge >= 0.3 is 0 Å². The summed E-state index contributed by atoms with van der Waals surface area (Å²) in [4.78, 5) is 0. The zero-order valence-electron chi connectivity index (χ0n) is 11.4. The van der Waals surface area contributed by atoms with Crippen molar-refractivity contribution in [1.82, 2.24) is 0 Å². The second kappa shape index (κ2) is 8.79. The summed E-state index contributed by atoms with van der Waals surface area (Å²) < 4.78 is 0. The van der Waals surface area contributed by atoms with E-state index in [-0.39, 0.29) is 0 Å². The van der Waals surface area contributed by atoms with Crippen molar-refractivity contribution in [2.75, 3.05) is 6.54 Å². The van der Waals surface area contributed by atoms with E-state index < -0.39 is 0 Å². The first-order chi connectivity index (χ1) is 8.67. The Morgan fingerprint density at radius 2 is 2.00 bits per heavy atom. The van der Waals surface area contributed by atoms with E-state index in [1.807, 2.05) is 18.2 Å². The van der Waals surface area contributed by atoms with Crippen molar-refractivity contribution in [3.8, 4) is 0 Å². The van der Waals surface area contributed by atoms with Crippen molar-refractivity contribution < 1.29 is 5.32 Å². The molecule has 1 aromatic carbocycles. The van der Waals surface area contributed by atoms with Gasteiger partial charge in [0.2, 0.25) is 0 Å². The summed E-state index contributed by atoms with van der Waals surface area (Å²) in [5.41, 5.74) is 1.17. The summed E-state index contributed by atoms with van der Waals surface area (Å²) in [6.07, 6.45) is 5.25. The van der Waals surface area contributed by atoms with Gasteiger partial charge in [0.05, 0.1) is 11.6 Å². The first-order valence-electron chi connectivity index (χ1n) is 6.93. The summed E-state index contributed by atoms with van der Waals surface area (Å²) in [6, 6.07) is 5.75. The standard InChI is InChI=1S/C15H23Cl2N/c1-3-5-6-12(4-2)10-18-11-13-7-8-14(16)9-15(13)17/h7-9,12,18H,3-6,10-11H2,1-2H3/p+1/t12-/m1/s1. The molecule has 0 saturated carbocycles. The maximum Gasteiger partial charge on any atom is 0.103 e. The predicted molar refractivity (Wildman–Crippen MR) is 80.3 cm³/mol. The molecule has 0 saturated heterocycles. The van der Waals surface area contributed by atoms with Gasteiger partial charge in [0, 0.05) is 16.5 Å². The fourth-order valence-electron chi connectivity index (χ4n) is 2.14. The molecule has 0 aromatic heterocycles. The Balaban J connectivity index is 2.35. The molecule has 1 nitrogen and oxygen atoms in total. The van der Waals surface area contributed by atoms with Gasteiger partial charge in [0.15, 0.2) is 0 Å². The van der Waals surface area contributed by atoms with Crippen molar-refractivity contribution >= 4 is 23.2 Å². The highest BCUT2D eigenvalue weighted by atomic mass is 35.5. The van der Waals surface area contributed by atoms with Crippen molar-refractivity contribution in [2.45, 2.75) is 46.1 Å². The van der Waals surface area contributed by atoms with Crippen molar-refractivity contribution in [3.05, 3.63) is 33.8 Å². The highest BCUT2D eigenvalue weighted by molar-refractivity contribution is 6.35. The van der Waals surface area contributed by atoms with Gasteiger partial charge in [-0.2, -0.15) is 0 Å². The number of quaternary nitrogens is 1. The van der Waals surface area contributed by atoms with Crippen LogP contribution in [0.5, 0.6) is 0 Å². The van der Waals surface area contributed by atoms with Crippen LogP contribution in [0.2, 0.25) is 10.0 Å². The van der Waals surface area contributed by atoms with E-state index in [4.69, 9.17) is 23.2 Å². The third-order valence-corrected chi connectivity index (χ3v) is 4.01. The molecular weight excluding hydrogens is 265 g/mol. The second-order valence-corrected chi connectivity index (χ2v) is 5.72. The molecule has 1 aromatic rings. The highest BCUT2D eigenvalue weighted by Crippen LogP contribution is 2.20. The number of halogens is 2. The van der Waals surface area contributed by atoms with E-state index in [1.165, 1.54) is 37.8 Å². The van der Waals surface area contributed by atoms with Crippen LogP contribution >= 0.6 is 23.2 Å². The Kier molecular flexibility index (Phi) is 7.73. The third-order valence-electron chi connectivity index (χ3n) is 3.42. The Hall–Kier alpha value is -0.240. The van der Waals surface area contributed by atoms with E-state index in [0.29, 0.717) is 5.02 Å². The molecule has 1 rings (SSSR count). The number of hydrogen-bond donors (Lipinski definition) is 1. The second-order valence-electron chi connectivity index (χ2n) is 4.88. The summed E-state index contributed by atoms with van der Waals surface area (Å²) in [5.74, 6) is 0.830. The molecule has 0 radical (unpaired) electrons. The molecular formula is C15H24Cl2N+. The van der Waals surface area contributed by atoms with Crippen LogP contribution in [-0.2, 0) is 6.54 Å². The summed E-state index contributed by atoms with van der Waals surface area (Å²) in [7, 11) is 0. The van der Waals surface area contributed by atoms with Gasteiger partial charge in [-0.05, 0) is 25.0 Å². The van der Waals surface area contributed by atoms with Gasteiger partial charge in [0.25, 0.3) is 0 Å². The Bertz CT molecular complexity index is 352. The number of rotatable bonds is 8. The molecule has 0 aliphatic rings. The lowest BCUT2D eigenvalue weighted by Crippen LogP contribution is -2.84. The van der Waals surface area contributed by atoms with Gasteiger partial charge in [0.1, 0.15) is 6.54 Å². The molecule has 0 unspecified atom stereocenters. The lowest BCUT2D eigenvalue weighted by Gasteiger charge is -2.13. The molecule has 0 heterocycles. The normalized spacial score (nSPS) is 12.7. The minimum absolute atomic E-state index is 0.707. The average molecular weight is 289 g/mol. The third kappa shape index (κ3) is 5.60.